The topological polar surface area (TPSA) is 82.5 Å². The van der Waals surface area contributed by atoms with Crippen molar-refractivity contribution in [2.24, 2.45) is 7.05 Å². The van der Waals surface area contributed by atoms with Crippen LogP contribution in [0.1, 0.15) is 40.4 Å². The van der Waals surface area contributed by atoms with Gasteiger partial charge in [-0.25, -0.2) is 18.6 Å². The normalized spacial score (nSPS) is 12.3. The van der Waals surface area contributed by atoms with Gasteiger partial charge in [0.05, 0.1) is 34.6 Å². The number of halogens is 6. The number of aryl methyl sites for hydroxylation is 1. The number of anilines is 1. The second-order valence-electron chi connectivity index (χ2n) is 7.82. The molecule has 0 bridgehead atoms. The minimum absolute atomic E-state index is 0.0153. The lowest BCUT2D eigenvalue weighted by Gasteiger charge is -2.21. The summed E-state index contributed by atoms with van der Waals surface area (Å²) in [6.45, 7) is 2.39. The predicted octanol–water partition coefficient (Wildman–Crippen LogP) is 5.95. The molecule has 2 aromatic carbocycles. The zero-order valence-electron chi connectivity index (χ0n) is 20.0. The van der Waals surface area contributed by atoms with E-state index < -0.39 is 52.8 Å². The van der Waals surface area contributed by atoms with E-state index in [0.29, 0.717) is 13.0 Å². The molecule has 1 atom stereocenters. The molecule has 13 heteroatoms. The Hall–Kier alpha value is -3.67. The lowest BCUT2D eigenvalue weighted by molar-refractivity contribution is -0.189. The molecule has 0 saturated heterocycles. The van der Waals surface area contributed by atoms with Crippen molar-refractivity contribution in [2.75, 3.05) is 12.4 Å². The first kappa shape index (κ1) is 27.9. The van der Waals surface area contributed by atoms with Crippen molar-refractivity contribution in [1.29, 1.82) is 0 Å². The number of amides is 1. The molecule has 0 saturated carbocycles. The van der Waals surface area contributed by atoms with E-state index in [1.807, 2.05) is 0 Å². The number of rotatable bonds is 7. The minimum atomic E-state index is -4.83. The van der Waals surface area contributed by atoms with Crippen molar-refractivity contribution in [3.05, 3.63) is 63.9 Å². The van der Waals surface area contributed by atoms with Crippen molar-refractivity contribution in [3.63, 3.8) is 0 Å². The average Bonchev–Trinajstić information content (AvgIpc) is 3.17. The van der Waals surface area contributed by atoms with Crippen LogP contribution in [0.3, 0.4) is 0 Å². The second-order valence-corrected chi connectivity index (χ2v) is 8.22. The molecule has 0 aliphatic heterocycles. The zero-order chi connectivity index (χ0) is 27.7. The zero-order valence-corrected chi connectivity index (χ0v) is 20.7. The fourth-order valence-electron chi connectivity index (χ4n) is 3.45. The van der Waals surface area contributed by atoms with Gasteiger partial charge in [0.2, 0.25) is 0 Å². The van der Waals surface area contributed by atoms with Crippen LogP contribution >= 0.6 is 11.6 Å². The maximum Gasteiger partial charge on any atom is 0.425 e. The third-order valence-corrected chi connectivity index (χ3v) is 5.72. The van der Waals surface area contributed by atoms with E-state index in [4.69, 9.17) is 21.1 Å². The molecular weight excluding hydrogens is 525 g/mol. The Balaban J connectivity index is 2.18. The standard InChI is InChI=1S/C24H21ClF5N3O4/c1-5-17-20(23(35)36-4)33(3)21(31-17)12-10-18(37-11(2)24(28,29)30)13(9-16(12)27)22(34)32-19-14(25)7-6-8-15(19)26/h6-11H,5H2,1-4H3,(H,32,34)/t11-/m0/s1. The predicted molar refractivity (Wildman–Crippen MR) is 125 cm³/mol. The monoisotopic (exact) mass is 545 g/mol. The number of alkyl halides is 3. The first-order chi connectivity index (χ1) is 17.3. The Morgan fingerprint density at radius 2 is 1.86 bits per heavy atom. The van der Waals surface area contributed by atoms with Gasteiger partial charge < -0.3 is 19.4 Å². The number of hydrogen-bond donors (Lipinski definition) is 1. The van der Waals surface area contributed by atoms with Crippen molar-refractivity contribution in [3.8, 4) is 17.1 Å². The number of para-hydroxylation sites is 1. The third-order valence-electron chi connectivity index (χ3n) is 5.40. The summed E-state index contributed by atoms with van der Waals surface area (Å²) in [5.74, 6) is -4.69. The number of carbonyl (C=O) groups excluding carboxylic acids is 2. The molecule has 1 aromatic heterocycles. The van der Waals surface area contributed by atoms with Crippen LogP contribution in [0, 0.1) is 11.6 Å². The molecule has 3 aromatic rings. The quantitative estimate of drug-likeness (QED) is 0.293. The van der Waals surface area contributed by atoms with E-state index in [9.17, 15) is 27.2 Å². The first-order valence-electron chi connectivity index (χ1n) is 10.8. The maximum atomic E-state index is 15.3. The molecule has 1 amide bonds. The second kappa shape index (κ2) is 10.8. The Morgan fingerprint density at radius 3 is 2.43 bits per heavy atom. The summed E-state index contributed by atoms with van der Waals surface area (Å²) in [7, 11) is 2.54. The van der Waals surface area contributed by atoms with Crippen molar-refractivity contribution < 1.29 is 41.0 Å². The highest BCUT2D eigenvalue weighted by Gasteiger charge is 2.39. The van der Waals surface area contributed by atoms with Gasteiger partial charge in [0.1, 0.15) is 23.2 Å². The van der Waals surface area contributed by atoms with Gasteiger partial charge in [-0.05, 0) is 37.6 Å². The molecule has 3 rings (SSSR count). The molecule has 0 spiro atoms. The molecule has 7 nitrogen and oxygen atoms in total. The van der Waals surface area contributed by atoms with E-state index >= 15 is 4.39 Å². The summed E-state index contributed by atoms with van der Waals surface area (Å²) < 4.78 is 80.3. The lowest BCUT2D eigenvalue weighted by atomic mass is 10.1. The van der Waals surface area contributed by atoms with Crippen molar-refractivity contribution in [1.82, 2.24) is 9.55 Å². The molecule has 198 valence electrons. The van der Waals surface area contributed by atoms with E-state index in [1.165, 1.54) is 23.7 Å². The number of hydrogen-bond acceptors (Lipinski definition) is 5. The largest absolute Gasteiger partial charge is 0.480 e. The van der Waals surface area contributed by atoms with Crippen LogP contribution in [0.15, 0.2) is 30.3 Å². The molecule has 0 aliphatic rings. The molecule has 37 heavy (non-hydrogen) atoms. The Kier molecular flexibility index (Phi) is 8.11. The number of benzene rings is 2. The summed E-state index contributed by atoms with van der Waals surface area (Å²) in [4.78, 5) is 29.4. The highest BCUT2D eigenvalue weighted by molar-refractivity contribution is 6.34. The Labute approximate surface area is 213 Å². The molecule has 0 unspecified atom stereocenters. The number of nitrogens with one attached hydrogen (secondary N) is 1. The van der Waals surface area contributed by atoms with Crippen LogP contribution < -0.4 is 10.1 Å². The first-order valence-corrected chi connectivity index (χ1v) is 11.1. The summed E-state index contributed by atoms with van der Waals surface area (Å²) in [6, 6.07) is 5.05. The van der Waals surface area contributed by atoms with E-state index in [1.54, 1.807) is 6.92 Å². The van der Waals surface area contributed by atoms with Gasteiger partial charge in [0.25, 0.3) is 5.91 Å². The SMILES string of the molecule is CCc1nc(-c2cc(O[C@@H](C)C(F)(F)F)c(C(=O)Nc3c(F)cccc3Cl)cc2F)n(C)c1C(=O)OC. The molecule has 0 fully saturated rings. The van der Waals surface area contributed by atoms with Crippen LogP contribution in [0.25, 0.3) is 11.4 Å². The van der Waals surface area contributed by atoms with Crippen LogP contribution in [-0.4, -0.2) is 40.8 Å². The fourth-order valence-corrected chi connectivity index (χ4v) is 3.66. The van der Waals surface area contributed by atoms with Gasteiger partial charge in [0, 0.05) is 7.05 Å². The number of ether oxygens (including phenoxy) is 2. The summed E-state index contributed by atoms with van der Waals surface area (Å²) in [5, 5.41) is 1.95. The average molecular weight is 546 g/mol. The smallest absolute Gasteiger partial charge is 0.425 e. The number of carbonyl (C=O) groups is 2. The molecular formula is C24H21ClF5N3O4. The lowest BCUT2D eigenvalue weighted by Crippen LogP contribution is -2.32. The van der Waals surface area contributed by atoms with Gasteiger partial charge >= 0.3 is 12.1 Å². The van der Waals surface area contributed by atoms with Gasteiger partial charge in [0.15, 0.2) is 11.8 Å². The highest BCUT2D eigenvalue weighted by atomic mass is 35.5. The van der Waals surface area contributed by atoms with E-state index in [2.05, 4.69) is 10.3 Å². The van der Waals surface area contributed by atoms with Crippen LogP contribution in [0.4, 0.5) is 27.6 Å². The van der Waals surface area contributed by atoms with Gasteiger partial charge in [-0.15, -0.1) is 0 Å². The van der Waals surface area contributed by atoms with Crippen molar-refractivity contribution >= 4 is 29.2 Å². The fraction of sp³-hybridized carbons (Fsp3) is 0.292. The Morgan fingerprint density at radius 1 is 1.19 bits per heavy atom. The minimum Gasteiger partial charge on any atom is -0.480 e. The summed E-state index contributed by atoms with van der Waals surface area (Å²) in [6.07, 6.45) is -6.96. The van der Waals surface area contributed by atoms with E-state index in [0.717, 1.165) is 19.2 Å². The van der Waals surface area contributed by atoms with Crippen LogP contribution in [0.2, 0.25) is 5.02 Å². The summed E-state index contributed by atoms with van der Waals surface area (Å²) in [5.41, 5.74) is -1.19. The number of nitrogens with zero attached hydrogens (tertiary/aromatic N) is 2. The van der Waals surface area contributed by atoms with Gasteiger partial charge in [-0.3, -0.25) is 4.79 Å². The van der Waals surface area contributed by atoms with Crippen LogP contribution in [-0.2, 0) is 18.2 Å². The molecule has 1 heterocycles. The number of aromatic nitrogens is 2. The number of imidazole rings is 1. The van der Waals surface area contributed by atoms with Crippen LogP contribution in [0.5, 0.6) is 5.75 Å². The van der Waals surface area contributed by atoms with E-state index in [-0.39, 0.29) is 34.2 Å². The summed E-state index contributed by atoms with van der Waals surface area (Å²) >= 11 is 5.91. The van der Waals surface area contributed by atoms with Gasteiger partial charge in [-0.1, -0.05) is 24.6 Å². The molecule has 0 radical (unpaired) electrons. The molecule has 1 N–H and O–H groups in total. The molecule has 0 aliphatic carbocycles. The van der Waals surface area contributed by atoms with Crippen molar-refractivity contribution in [2.45, 2.75) is 32.5 Å². The third kappa shape index (κ3) is 5.68. The number of methoxy groups -OCH3 is 1. The Bertz CT molecular complexity index is 1340. The maximum absolute atomic E-state index is 15.3. The highest BCUT2D eigenvalue weighted by Crippen LogP contribution is 2.35. The number of esters is 1. The van der Waals surface area contributed by atoms with Gasteiger partial charge in [-0.2, -0.15) is 13.2 Å².